The lowest BCUT2D eigenvalue weighted by Gasteiger charge is -2.09. The van der Waals surface area contributed by atoms with E-state index < -0.39 is 31.2 Å². The number of aliphatic hydroxyl groups excluding tert-OH is 4. The number of nitrogens with one attached hydrogen (secondary N) is 2. The Labute approximate surface area is 123 Å². The predicted octanol–water partition coefficient (Wildman–Crippen LogP) is -1.98. The molecule has 0 bridgehead atoms. The molecule has 0 spiro atoms. The Morgan fingerprint density at radius 2 is 2.05 bits per heavy atom. The molecule has 4 atom stereocenters. The van der Waals surface area contributed by atoms with Gasteiger partial charge in [0.2, 0.25) is 5.95 Å². The fourth-order valence-electron chi connectivity index (χ4n) is 1.75. The molecular weight excluding hydrogens is 302 g/mol. The summed E-state index contributed by atoms with van der Waals surface area (Å²) in [6.45, 7) is -0.407. The highest BCUT2D eigenvalue weighted by molar-refractivity contribution is 7.71. The molecule has 2 aromatic heterocycles. The highest BCUT2D eigenvalue weighted by Crippen LogP contribution is 2.18. The molecule has 1 saturated heterocycles. The Kier molecular flexibility index (Phi) is 4.82. The molecule has 10 nitrogen and oxygen atoms in total. The second kappa shape index (κ2) is 6.43. The van der Waals surface area contributed by atoms with E-state index in [1.165, 1.54) is 6.33 Å². The average Bonchev–Trinajstić information content (AvgIpc) is 3.00. The second-order valence-electron chi connectivity index (χ2n) is 4.28. The maximum absolute atomic E-state index is 8.93. The summed E-state index contributed by atoms with van der Waals surface area (Å²) in [6, 6.07) is 0. The number of anilines is 1. The van der Waals surface area contributed by atoms with Gasteiger partial charge in [-0.3, -0.25) is 0 Å². The third-order valence-corrected chi connectivity index (χ3v) is 3.13. The summed E-state index contributed by atoms with van der Waals surface area (Å²) in [7, 11) is 0. The summed E-state index contributed by atoms with van der Waals surface area (Å²) in [4.78, 5) is 13.4. The van der Waals surface area contributed by atoms with Gasteiger partial charge in [0.25, 0.3) is 0 Å². The maximum atomic E-state index is 8.93. The first-order valence-corrected chi connectivity index (χ1v) is 6.34. The molecule has 116 valence electrons. The maximum Gasteiger partial charge on any atom is 0.200 e. The van der Waals surface area contributed by atoms with Crippen LogP contribution in [0.2, 0.25) is 0 Å². The number of ether oxygens (including phenoxy) is 1. The van der Waals surface area contributed by atoms with Crippen LogP contribution in [0, 0.1) is 4.64 Å². The van der Waals surface area contributed by atoms with Gasteiger partial charge in [-0.15, -0.1) is 0 Å². The van der Waals surface area contributed by atoms with Gasteiger partial charge < -0.3 is 40.9 Å². The Morgan fingerprint density at radius 1 is 1.33 bits per heavy atom. The van der Waals surface area contributed by atoms with E-state index >= 15 is 0 Å². The molecule has 0 radical (unpaired) electrons. The molecule has 0 amide bonds. The van der Waals surface area contributed by atoms with E-state index in [9.17, 15) is 0 Å². The van der Waals surface area contributed by atoms with E-state index in [0.29, 0.717) is 15.8 Å². The van der Waals surface area contributed by atoms with Crippen molar-refractivity contribution < 1.29 is 25.2 Å². The van der Waals surface area contributed by atoms with Crippen molar-refractivity contribution in [2.45, 2.75) is 24.6 Å². The molecule has 0 aromatic carbocycles. The van der Waals surface area contributed by atoms with Crippen molar-refractivity contribution in [3.8, 4) is 0 Å². The Balaban J connectivity index is 0.000000155. The third-order valence-electron chi connectivity index (χ3n) is 2.84. The number of aromatic nitrogens is 4. The SMILES string of the molecule is Nc1nc(=S)c2[nH]cnc2[nH]1.OC[C@H]1OC(O)[C@H](O)[C@@H]1O. The van der Waals surface area contributed by atoms with Crippen LogP contribution in [-0.2, 0) is 4.74 Å². The van der Waals surface area contributed by atoms with Crippen LogP contribution in [0.25, 0.3) is 11.2 Å². The first-order chi connectivity index (χ1) is 9.93. The zero-order valence-electron chi connectivity index (χ0n) is 10.7. The van der Waals surface area contributed by atoms with E-state index in [-0.39, 0.29) is 5.95 Å². The normalized spacial score (nSPS) is 28.4. The molecule has 8 N–H and O–H groups in total. The highest BCUT2D eigenvalue weighted by Gasteiger charge is 2.41. The number of fused-ring (bicyclic) bond motifs is 1. The van der Waals surface area contributed by atoms with Crippen molar-refractivity contribution in [3.05, 3.63) is 11.0 Å². The van der Waals surface area contributed by atoms with Gasteiger partial charge in [0, 0.05) is 0 Å². The molecule has 1 unspecified atom stereocenters. The Bertz CT molecular complexity index is 661. The van der Waals surface area contributed by atoms with Crippen molar-refractivity contribution in [3.63, 3.8) is 0 Å². The number of hydrogen-bond acceptors (Lipinski definition) is 9. The van der Waals surface area contributed by atoms with Crippen LogP contribution in [0.5, 0.6) is 0 Å². The van der Waals surface area contributed by atoms with Gasteiger partial charge in [-0.05, 0) is 0 Å². The number of hydrogen-bond donors (Lipinski definition) is 7. The quantitative estimate of drug-likeness (QED) is 0.294. The largest absolute Gasteiger partial charge is 0.394 e. The van der Waals surface area contributed by atoms with E-state index in [1.807, 2.05) is 0 Å². The summed E-state index contributed by atoms with van der Waals surface area (Å²) >= 11 is 4.91. The average molecular weight is 317 g/mol. The van der Waals surface area contributed by atoms with Crippen LogP contribution in [0.4, 0.5) is 5.95 Å². The molecule has 21 heavy (non-hydrogen) atoms. The number of nitrogens with two attached hydrogens (primary N) is 1. The molecule has 1 aliphatic rings. The Morgan fingerprint density at radius 3 is 2.57 bits per heavy atom. The lowest BCUT2D eigenvalue weighted by atomic mass is 10.1. The standard InChI is InChI=1S/C5H5N5S.C5H10O5/c6-5-9-3-2(4(11)10-5)7-1-8-3;6-1-2-3(7)4(8)5(9)10-2/h1H,(H4,6,7,8,9,10,11);2-9H,1H2/t;2-,3-,4-,5?/m.1/s1. The van der Waals surface area contributed by atoms with Gasteiger partial charge in [-0.1, -0.05) is 12.2 Å². The lowest BCUT2D eigenvalue weighted by molar-refractivity contribution is -0.132. The van der Waals surface area contributed by atoms with Gasteiger partial charge in [0.1, 0.15) is 23.8 Å². The summed E-state index contributed by atoms with van der Waals surface area (Å²) in [6.07, 6.45) is -3.22. The Hall–Kier alpha value is -1.63. The van der Waals surface area contributed by atoms with Crippen LogP contribution < -0.4 is 5.73 Å². The van der Waals surface area contributed by atoms with Crippen LogP contribution in [-0.4, -0.2) is 71.6 Å². The molecule has 3 rings (SSSR count). The number of rotatable bonds is 1. The lowest BCUT2D eigenvalue weighted by Crippen LogP contribution is -2.33. The van der Waals surface area contributed by atoms with E-state index in [0.717, 1.165) is 0 Å². The minimum atomic E-state index is -1.38. The van der Waals surface area contributed by atoms with Crippen molar-refractivity contribution in [2.24, 2.45) is 0 Å². The molecule has 11 heteroatoms. The van der Waals surface area contributed by atoms with E-state index in [4.69, 9.17) is 38.4 Å². The number of aliphatic hydroxyl groups is 4. The van der Waals surface area contributed by atoms with Crippen LogP contribution in [0.15, 0.2) is 6.33 Å². The van der Waals surface area contributed by atoms with E-state index in [2.05, 4.69) is 24.7 Å². The number of nitrogen functional groups attached to an aromatic ring is 1. The second-order valence-corrected chi connectivity index (χ2v) is 4.67. The molecule has 3 heterocycles. The van der Waals surface area contributed by atoms with Gasteiger partial charge in [-0.2, -0.15) is 0 Å². The van der Waals surface area contributed by atoms with Crippen LogP contribution in [0.3, 0.4) is 0 Å². The number of aromatic amines is 2. The van der Waals surface area contributed by atoms with Crippen LogP contribution >= 0.6 is 12.2 Å². The summed E-state index contributed by atoms with van der Waals surface area (Å²) < 4.78 is 4.98. The first kappa shape index (κ1) is 15.8. The predicted molar refractivity (Wildman–Crippen MR) is 73.5 cm³/mol. The monoisotopic (exact) mass is 317 g/mol. The molecule has 1 fully saturated rings. The fraction of sp³-hybridized carbons (Fsp3) is 0.500. The zero-order valence-corrected chi connectivity index (χ0v) is 11.5. The fourth-order valence-corrected chi connectivity index (χ4v) is 2.00. The van der Waals surface area contributed by atoms with Gasteiger partial charge >= 0.3 is 0 Å². The van der Waals surface area contributed by atoms with E-state index in [1.54, 1.807) is 0 Å². The zero-order chi connectivity index (χ0) is 15.6. The highest BCUT2D eigenvalue weighted by atomic mass is 32.1. The van der Waals surface area contributed by atoms with Gasteiger partial charge in [-0.25, -0.2) is 9.97 Å². The van der Waals surface area contributed by atoms with Gasteiger partial charge in [0.15, 0.2) is 16.6 Å². The molecule has 0 aliphatic carbocycles. The summed E-state index contributed by atoms with van der Waals surface area (Å²) in [5, 5.41) is 35.0. The minimum absolute atomic E-state index is 0.287. The molecular formula is C10H15N5O5S. The summed E-state index contributed by atoms with van der Waals surface area (Å²) in [5.74, 6) is 0.287. The third kappa shape index (κ3) is 3.34. The number of nitrogens with zero attached hydrogens (tertiary/aromatic N) is 2. The number of H-pyrrole nitrogens is 2. The van der Waals surface area contributed by atoms with Gasteiger partial charge in [0.05, 0.1) is 12.9 Å². The van der Waals surface area contributed by atoms with Crippen molar-refractivity contribution in [1.82, 2.24) is 19.9 Å². The smallest absolute Gasteiger partial charge is 0.200 e. The topological polar surface area (TPSA) is 174 Å². The minimum Gasteiger partial charge on any atom is -0.394 e. The molecule has 1 aliphatic heterocycles. The van der Waals surface area contributed by atoms with Crippen LogP contribution in [0.1, 0.15) is 0 Å². The molecule has 2 aromatic rings. The first-order valence-electron chi connectivity index (χ1n) is 5.93. The summed E-state index contributed by atoms with van der Waals surface area (Å²) in [5.41, 5.74) is 6.75. The number of imidazole rings is 1. The van der Waals surface area contributed by atoms with Crippen molar-refractivity contribution >= 4 is 29.3 Å². The molecule has 0 saturated carbocycles. The van der Waals surface area contributed by atoms with Crippen molar-refractivity contribution in [2.75, 3.05) is 12.3 Å². The van der Waals surface area contributed by atoms with Crippen molar-refractivity contribution in [1.29, 1.82) is 0 Å².